The van der Waals surface area contributed by atoms with Crippen molar-refractivity contribution in [2.24, 2.45) is 0 Å². The number of nitrogens with zero attached hydrogens (tertiary/aromatic N) is 1. The molecule has 0 saturated heterocycles. The third kappa shape index (κ3) is 1.96. The lowest BCUT2D eigenvalue weighted by Gasteiger charge is -2.28. The highest BCUT2D eigenvalue weighted by Gasteiger charge is 2.24. The van der Waals surface area contributed by atoms with Crippen molar-refractivity contribution < 1.29 is 14.7 Å². The van der Waals surface area contributed by atoms with Crippen molar-refractivity contribution in [3.05, 3.63) is 23.8 Å². The van der Waals surface area contributed by atoms with Crippen molar-refractivity contribution in [1.29, 1.82) is 0 Å². The summed E-state index contributed by atoms with van der Waals surface area (Å²) in [5, 5.41) is 8.92. The number of aliphatic hydroxyl groups is 1. The number of hydrogen-bond acceptors (Lipinski definition) is 4. The van der Waals surface area contributed by atoms with E-state index in [1.54, 1.807) is 12.1 Å². The van der Waals surface area contributed by atoms with Crippen LogP contribution in [-0.2, 0) is 4.79 Å². The van der Waals surface area contributed by atoms with E-state index in [4.69, 9.17) is 5.11 Å². The first-order chi connectivity index (χ1) is 7.76. The number of thioether (sulfide) groups is 1. The number of benzene rings is 1. The molecule has 0 fully saturated rings. The summed E-state index contributed by atoms with van der Waals surface area (Å²) < 4.78 is 0. The molecule has 1 aromatic carbocycles. The van der Waals surface area contributed by atoms with Gasteiger partial charge in [0, 0.05) is 17.0 Å². The summed E-state index contributed by atoms with van der Waals surface area (Å²) in [5.41, 5.74) is 1.26. The van der Waals surface area contributed by atoms with Crippen molar-refractivity contribution in [3.63, 3.8) is 0 Å². The molecule has 0 aromatic heterocycles. The number of β-amino-alcohol motifs (C(OH)–C–C–N with tert-alkyl or cyclic N) is 1. The average Bonchev–Trinajstić information content (AvgIpc) is 2.32. The Morgan fingerprint density at radius 1 is 1.50 bits per heavy atom. The molecule has 16 heavy (non-hydrogen) atoms. The molecule has 1 aliphatic rings. The van der Waals surface area contributed by atoms with E-state index in [0.29, 0.717) is 11.3 Å². The lowest BCUT2D eigenvalue weighted by atomic mass is 10.2. The predicted molar refractivity (Wildman–Crippen MR) is 62.0 cm³/mol. The maximum atomic E-state index is 11.7. The number of aldehydes is 1. The van der Waals surface area contributed by atoms with Gasteiger partial charge in [-0.05, 0) is 12.1 Å². The summed E-state index contributed by atoms with van der Waals surface area (Å²) in [5.74, 6) is 0.350. The van der Waals surface area contributed by atoms with Gasteiger partial charge in [0.15, 0.2) is 0 Å². The van der Waals surface area contributed by atoms with Gasteiger partial charge in [-0.3, -0.25) is 9.59 Å². The second-order valence-corrected chi connectivity index (χ2v) is 4.42. The number of amides is 1. The van der Waals surface area contributed by atoms with Crippen LogP contribution in [0.5, 0.6) is 0 Å². The second kappa shape index (κ2) is 4.67. The van der Waals surface area contributed by atoms with Gasteiger partial charge in [-0.15, -0.1) is 11.8 Å². The Balaban J connectivity index is 2.43. The Bertz CT molecular complexity index is 433. The summed E-state index contributed by atoms with van der Waals surface area (Å²) in [6, 6.07) is 5.24. The molecule has 1 aliphatic heterocycles. The molecule has 0 spiro atoms. The van der Waals surface area contributed by atoms with E-state index in [2.05, 4.69) is 0 Å². The Labute approximate surface area is 97.3 Å². The molecule has 1 heterocycles. The van der Waals surface area contributed by atoms with Crippen LogP contribution in [0.4, 0.5) is 5.69 Å². The molecule has 2 rings (SSSR count). The van der Waals surface area contributed by atoms with E-state index in [1.807, 2.05) is 6.07 Å². The fourth-order valence-electron chi connectivity index (χ4n) is 1.64. The molecule has 1 aromatic rings. The van der Waals surface area contributed by atoms with Crippen molar-refractivity contribution >= 4 is 29.6 Å². The zero-order chi connectivity index (χ0) is 11.5. The maximum Gasteiger partial charge on any atom is 0.237 e. The molecule has 0 bridgehead atoms. The molecule has 5 heteroatoms. The monoisotopic (exact) mass is 237 g/mol. The van der Waals surface area contributed by atoms with Crippen LogP contribution in [0, 0.1) is 0 Å². The molecular weight excluding hydrogens is 226 g/mol. The molecule has 0 aliphatic carbocycles. The fourth-order valence-corrected chi connectivity index (χ4v) is 2.55. The van der Waals surface area contributed by atoms with Gasteiger partial charge in [-0.1, -0.05) is 6.07 Å². The van der Waals surface area contributed by atoms with Crippen LogP contribution in [-0.4, -0.2) is 36.2 Å². The van der Waals surface area contributed by atoms with E-state index in [0.717, 1.165) is 16.9 Å². The van der Waals surface area contributed by atoms with Gasteiger partial charge in [0.05, 0.1) is 18.0 Å². The summed E-state index contributed by atoms with van der Waals surface area (Å²) in [6.45, 7) is 0.190. The zero-order valence-corrected chi connectivity index (χ0v) is 9.37. The topological polar surface area (TPSA) is 57.6 Å². The van der Waals surface area contributed by atoms with Crippen molar-refractivity contribution in [1.82, 2.24) is 0 Å². The smallest absolute Gasteiger partial charge is 0.237 e. The number of carbonyl (C=O) groups excluding carboxylic acids is 2. The first kappa shape index (κ1) is 11.2. The minimum Gasteiger partial charge on any atom is -0.395 e. The largest absolute Gasteiger partial charge is 0.395 e. The van der Waals surface area contributed by atoms with Crippen molar-refractivity contribution in [3.8, 4) is 0 Å². The van der Waals surface area contributed by atoms with E-state index < -0.39 is 0 Å². The molecule has 0 radical (unpaired) electrons. The molecule has 1 amide bonds. The second-order valence-electron chi connectivity index (χ2n) is 3.40. The lowest BCUT2D eigenvalue weighted by Crippen LogP contribution is -2.37. The summed E-state index contributed by atoms with van der Waals surface area (Å²) in [4.78, 5) is 24.8. The number of anilines is 1. The number of carbonyl (C=O) groups is 2. The van der Waals surface area contributed by atoms with Crippen LogP contribution >= 0.6 is 11.8 Å². The zero-order valence-electron chi connectivity index (χ0n) is 8.55. The Kier molecular flexibility index (Phi) is 3.26. The number of fused-ring (bicyclic) bond motifs is 1. The van der Waals surface area contributed by atoms with Gasteiger partial charge < -0.3 is 10.0 Å². The lowest BCUT2D eigenvalue weighted by molar-refractivity contribution is -0.116. The number of hydrogen-bond donors (Lipinski definition) is 1. The third-order valence-electron chi connectivity index (χ3n) is 2.39. The van der Waals surface area contributed by atoms with Crippen LogP contribution in [0.1, 0.15) is 10.4 Å². The Hall–Kier alpha value is -1.33. The number of aliphatic hydroxyl groups excluding tert-OH is 1. The van der Waals surface area contributed by atoms with Gasteiger partial charge in [0.1, 0.15) is 6.29 Å². The predicted octanol–water partition coefficient (Wildman–Crippen LogP) is 0.930. The first-order valence-electron chi connectivity index (χ1n) is 4.89. The van der Waals surface area contributed by atoms with E-state index in [1.165, 1.54) is 16.7 Å². The van der Waals surface area contributed by atoms with Gasteiger partial charge in [0.2, 0.25) is 5.91 Å². The van der Waals surface area contributed by atoms with Crippen LogP contribution in [0.25, 0.3) is 0 Å². The standard InChI is InChI=1S/C11H11NO3S/c13-4-3-12-9-5-8(6-14)1-2-10(9)16-7-11(12)15/h1-2,5-6,13H,3-4,7H2. The summed E-state index contributed by atoms with van der Waals surface area (Å²) in [6.07, 6.45) is 0.751. The Morgan fingerprint density at radius 3 is 3.00 bits per heavy atom. The van der Waals surface area contributed by atoms with Gasteiger partial charge in [-0.25, -0.2) is 0 Å². The Morgan fingerprint density at radius 2 is 2.31 bits per heavy atom. The molecule has 0 saturated carbocycles. The van der Waals surface area contributed by atoms with Crippen LogP contribution in [0.15, 0.2) is 23.1 Å². The maximum absolute atomic E-state index is 11.7. The van der Waals surface area contributed by atoms with Gasteiger partial charge in [0.25, 0.3) is 0 Å². The third-order valence-corrected chi connectivity index (χ3v) is 3.43. The van der Waals surface area contributed by atoms with E-state index in [9.17, 15) is 9.59 Å². The summed E-state index contributed by atoms with van der Waals surface area (Å²) in [7, 11) is 0. The van der Waals surface area contributed by atoms with Gasteiger partial charge in [-0.2, -0.15) is 0 Å². The van der Waals surface area contributed by atoms with Crippen LogP contribution in [0.3, 0.4) is 0 Å². The highest BCUT2D eigenvalue weighted by molar-refractivity contribution is 8.00. The first-order valence-corrected chi connectivity index (χ1v) is 5.88. The van der Waals surface area contributed by atoms with Crippen LogP contribution in [0.2, 0.25) is 0 Å². The number of rotatable bonds is 3. The SMILES string of the molecule is O=Cc1ccc2c(c1)N(CCO)C(=O)CS2. The van der Waals surface area contributed by atoms with Crippen LogP contribution < -0.4 is 4.90 Å². The normalized spacial score (nSPS) is 14.8. The van der Waals surface area contributed by atoms with Gasteiger partial charge >= 0.3 is 0 Å². The highest BCUT2D eigenvalue weighted by Crippen LogP contribution is 2.35. The molecule has 4 nitrogen and oxygen atoms in total. The summed E-state index contributed by atoms with van der Waals surface area (Å²) >= 11 is 1.46. The molecule has 0 atom stereocenters. The minimum absolute atomic E-state index is 0.0328. The quantitative estimate of drug-likeness (QED) is 0.795. The minimum atomic E-state index is -0.0822. The highest BCUT2D eigenvalue weighted by atomic mass is 32.2. The average molecular weight is 237 g/mol. The van der Waals surface area contributed by atoms with Crippen molar-refractivity contribution in [2.45, 2.75) is 4.90 Å². The van der Waals surface area contributed by atoms with E-state index in [-0.39, 0.29) is 19.1 Å². The van der Waals surface area contributed by atoms with E-state index >= 15 is 0 Å². The molecule has 1 N–H and O–H groups in total. The van der Waals surface area contributed by atoms with Crippen molar-refractivity contribution in [2.75, 3.05) is 23.8 Å². The molecule has 84 valence electrons. The molecule has 0 unspecified atom stereocenters. The fraction of sp³-hybridized carbons (Fsp3) is 0.273. The molecular formula is C11H11NO3S.